The summed E-state index contributed by atoms with van der Waals surface area (Å²) in [6, 6.07) is 4.72. The average Bonchev–Trinajstić information content (AvgIpc) is 2.37. The van der Waals surface area contributed by atoms with E-state index in [1.54, 1.807) is 12.1 Å². The monoisotopic (exact) mass is 295 g/mol. The molecular formula is C16H26FN3O. The highest BCUT2D eigenvalue weighted by Gasteiger charge is 2.15. The van der Waals surface area contributed by atoms with Crippen molar-refractivity contribution >= 4 is 17.3 Å². The lowest BCUT2D eigenvalue weighted by Gasteiger charge is -2.24. The van der Waals surface area contributed by atoms with Gasteiger partial charge in [-0.2, -0.15) is 0 Å². The summed E-state index contributed by atoms with van der Waals surface area (Å²) in [5.74, 6) is -0.313. The minimum atomic E-state index is -0.350. The van der Waals surface area contributed by atoms with Gasteiger partial charge in [0, 0.05) is 31.2 Å². The number of nitrogens with two attached hydrogens (primary N) is 1. The highest BCUT2D eigenvalue weighted by Crippen LogP contribution is 2.23. The number of hydrogen-bond acceptors (Lipinski definition) is 3. The maximum Gasteiger partial charge on any atom is 0.225 e. The molecule has 1 amide bonds. The van der Waals surface area contributed by atoms with Crippen LogP contribution in [0.1, 0.15) is 34.1 Å². The van der Waals surface area contributed by atoms with Crippen LogP contribution in [0.2, 0.25) is 0 Å². The van der Waals surface area contributed by atoms with Gasteiger partial charge >= 0.3 is 0 Å². The van der Waals surface area contributed by atoms with Crippen LogP contribution in [-0.4, -0.2) is 25.0 Å². The zero-order valence-corrected chi connectivity index (χ0v) is 13.5. The topological polar surface area (TPSA) is 58.4 Å². The second-order valence-corrected chi connectivity index (χ2v) is 6.03. The molecule has 0 aliphatic rings. The van der Waals surface area contributed by atoms with Crippen LogP contribution in [0.15, 0.2) is 18.2 Å². The van der Waals surface area contributed by atoms with Crippen molar-refractivity contribution in [2.45, 2.75) is 46.2 Å². The van der Waals surface area contributed by atoms with Gasteiger partial charge in [-0.3, -0.25) is 4.79 Å². The SMILES string of the molecule is CC(C)C(N)CC(=O)Nc1ccc(N(C)C(C)C)c(F)c1. The predicted octanol–water partition coefficient (Wildman–Crippen LogP) is 2.98. The van der Waals surface area contributed by atoms with Gasteiger partial charge < -0.3 is 16.0 Å². The number of nitrogens with zero attached hydrogens (tertiary/aromatic N) is 1. The van der Waals surface area contributed by atoms with E-state index in [0.29, 0.717) is 11.4 Å². The van der Waals surface area contributed by atoms with Gasteiger partial charge in [-0.25, -0.2) is 4.39 Å². The quantitative estimate of drug-likeness (QED) is 0.848. The van der Waals surface area contributed by atoms with Gasteiger partial charge in [0.2, 0.25) is 5.91 Å². The Bertz CT molecular complexity index is 488. The number of hydrogen-bond donors (Lipinski definition) is 2. The summed E-state index contributed by atoms with van der Waals surface area (Å²) in [5, 5.41) is 2.69. The van der Waals surface area contributed by atoms with Crippen molar-refractivity contribution in [1.82, 2.24) is 0 Å². The molecule has 21 heavy (non-hydrogen) atoms. The first-order valence-electron chi connectivity index (χ1n) is 7.30. The Morgan fingerprint density at radius 3 is 2.43 bits per heavy atom. The van der Waals surface area contributed by atoms with Gasteiger partial charge in [-0.15, -0.1) is 0 Å². The van der Waals surface area contributed by atoms with Crippen LogP contribution in [0.5, 0.6) is 0 Å². The molecule has 3 N–H and O–H groups in total. The maximum atomic E-state index is 14.1. The number of halogens is 1. The van der Waals surface area contributed by atoms with Gasteiger partial charge in [-0.1, -0.05) is 13.8 Å². The lowest BCUT2D eigenvalue weighted by Crippen LogP contribution is -2.31. The van der Waals surface area contributed by atoms with E-state index in [9.17, 15) is 9.18 Å². The highest BCUT2D eigenvalue weighted by atomic mass is 19.1. The van der Waals surface area contributed by atoms with Crippen LogP contribution in [-0.2, 0) is 4.79 Å². The third-order valence-electron chi connectivity index (χ3n) is 3.66. The van der Waals surface area contributed by atoms with E-state index in [2.05, 4.69) is 5.32 Å². The Labute approximate surface area is 126 Å². The van der Waals surface area contributed by atoms with Gasteiger partial charge in [0.15, 0.2) is 0 Å². The second kappa shape index (κ2) is 7.41. The summed E-state index contributed by atoms with van der Waals surface area (Å²) in [7, 11) is 1.84. The number of nitrogens with one attached hydrogen (secondary N) is 1. The van der Waals surface area contributed by atoms with Crippen molar-refractivity contribution in [2.75, 3.05) is 17.3 Å². The molecule has 5 heteroatoms. The van der Waals surface area contributed by atoms with Crippen LogP contribution in [0.3, 0.4) is 0 Å². The molecule has 0 saturated carbocycles. The zero-order valence-electron chi connectivity index (χ0n) is 13.5. The molecule has 0 aliphatic carbocycles. The number of amides is 1. The second-order valence-electron chi connectivity index (χ2n) is 6.03. The van der Waals surface area contributed by atoms with Crippen LogP contribution < -0.4 is 16.0 Å². The van der Waals surface area contributed by atoms with E-state index in [4.69, 9.17) is 5.73 Å². The first kappa shape index (κ1) is 17.4. The van der Waals surface area contributed by atoms with E-state index in [1.807, 2.05) is 39.6 Å². The molecule has 0 bridgehead atoms. The predicted molar refractivity (Wildman–Crippen MR) is 86.0 cm³/mol. The molecule has 1 atom stereocenters. The Hall–Kier alpha value is -1.62. The zero-order chi connectivity index (χ0) is 16.2. The number of anilines is 2. The summed E-state index contributed by atoms with van der Waals surface area (Å²) in [6.07, 6.45) is 0.229. The molecule has 4 nitrogen and oxygen atoms in total. The lowest BCUT2D eigenvalue weighted by molar-refractivity contribution is -0.116. The first-order valence-corrected chi connectivity index (χ1v) is 7.30. The molecule has 1 rings (SSSR count). The van der Waals surface area contributed by atoms with E-state index in [1.165, 1.54) is 6.07 Å². The highest BCUT2D eigenvalue weighted by molar-refractivity contribution is 5.91. The number of benzene rings is 1. The van der Waals surface area contributed by atoms with Gasteiger partial charge in [0.1, 0.15) is 5.82 Å². The van der Waals surface area contributed by atoms with Crippen molar-refractivity contribution in [2.24, 2.45) is 11.7 Å². The summed E-state index contributed by atoms with van der Waals surface area (Å²) in [5.41, 5.74) is 6.83. The molecule has 0 radical (unpaired) electrons. The molecule has 1 aromatic carbocycles. The van der Waals surface area contributed by atoms with Crippen LogP contribution in [0.25, 0.3) is 0 Å². The minimum absolute atomic E-state index is 0.193. The van der Waals surface area contributed by atoms with Gasteiger partial charge in [0.05, 0.1) is 5.69 Å². The summed E-state index contributed by atoms with van der Waals surface area (Å²) in [4.78, 5) is 13.7. The average molecular weight is 295 g/mol. The third kappa shape index (κ3) is 5.01. The summed E-state index contributed by atoms with van der Waals surface area (Å²) < 4.78 is 14.1. The molecule has 118 valence electrons. The maximum absolute atomic E-state index is 14.1. The molecule has 0 heterocycles. The minimum Gasteiger partial charge on any atom is -0.370 e. The molecular weight excluding hydrogens is 269 g/mol. The fourth-order valence-corrected chi connectivity index (χ4v) is 1.81. The Morgan fingerprint density at radius 2 is 1.95 bits per heavy atom. The summed E-state index contributed by atoms with van der Waals surface area (Å²) >= 11 is 0. The Balaban J connectivity index is 2.74. The lowest BCUT2D eigenvalue weighted by atomic mass is 10.0. The van der Waals surface area contributed by atoms with Crippen molar-refractivity contribution < 1.29 is 9.18 Å². The molecule has 0 aromatic heterocycles. The molecule has 0 spiro atoms. The number of carbonyl (C=O) groups is 1. The van der Waals surface area contributed by atoms with E-state index >= 15 is 0 Å². The van der Waals surface area contributed by atoms with E-state index in [-0.39, 0.29) is 36.1 Å². The van der Waals surface area contributed by atoms with Crippen molar-refractivity contribution in [3.8, 4) is 0 Å². The summed E-state index contributed by atoms with van der Waals surface area (Å²) in [6.45, 7) is 7.91. The van der Waals surface area contributed by atoms with Crippen molar-refractivity contribution in [3.05, 3.63) is 24.0 Å². The van der Waals surface area contributed by atoms with Gasteiger partial charge in [-0.05, 0) is 38.0 Å². The molecule has 1 unspecified atom stereocenters. The van der Waals surface area contributed by atoms with Gasteiger partial charge in [0.25, 0.3) is 0 Å². The fourth-order valence-electron chi connectivity index (χ4n) is 1.81. The Morgan fingerprint density at radius 1 is 1.33 bits per heavy atom. The molecule has 0 aliphatic heterocycles. The fraction of sp³-hybridized carbons (Fsp3) is 0.562. The standard InChI is InChI=1S/C16H26FN3O/c1-10(2)14(18)9-16(21)19-12-6-7-15(13(17)8-12)20(5)11(3)4/h6-8,10-11,14H,9,18H2,1-5H3,(H,19,21). The van der Waals surface area contributed by atoms with Crippen LogP contribution in [0.4, 0.5) is 15.8 Å². The third-order valence-corrected chi connectivity index (χ3v) is 3.66. The van der Waals surface area contributed by atoms with E-state index in [0.717, 1.165) is 0 Å². The Kier molecular flexibility index (Phi) is 6.15. The smallest absolute Gasteiger partial charge is 0.225 e. The number of rotatable bonds is 6. The largest absolute Gasteiger partial charge is 0.370 e. The number of carbonyl (C=O) groups excluding carboxylic acids is 1. The molecule has 0 fully saturated rings. The van der Waals surface area contributed by atoms with Crippen LogP contribution in [0, 0.1) is 11.7 Å². The first-order chi connectivity index (χ1) is 9.72. The van der Waals surface area contributed by atoms with E-state index < -0.39 is 0 Å². The van der Waals surface area contributed by atoms with Crippen molar-refractivity contribution in [1.29, 1.82) is 0 Å². The molecule has 1 aromatic rings. The normalized spacial score (nSPS) is 12.6. The molecule has 0 saturated heterocycles. The van der Waals surface area contributed by atoms with Crippen molar-refractivity contribution in [3.63, 3.8) is 0 Å². The van der Waals surface area contributed by atoms with Crippen LogP contribution >= 0.6 is 0 Å².